The van der Waals surface area contributed by atoms with E-state index in [4.69, 9.17) is 11.0 Å². The molecule has 1 aliphatic carbocycles. The standard InChI is InChI=1S/C14H20N4O2S/c15-10-12-13(6-5-9-17-12)21(19,20)18-11-14(16)7-3-1-2-4-8-14/h5-6,9,18H,1-4,7-8,11,16H2. The normalized spacial score (nSPS) is 18.7. The fraction of sp³-hybridized carbons (Fsp3) is 0.571. The molecule has 0 bridgehead atoms. The molecule has 1 aromatic rings. The van der Waals surface area contributed by atoms with Crippen LogP contribution in [0.3, 0.4) is 0 Å². The van der Waals surface area contributed by atoms with Gasteiger partial charge in [0.1, 0.15) is 11.0 Å². The zero-order valence-corrected chi connectivity index (χ0v) is 12.7. The van der Waals surface area contributed by atoms with Crippen LogP contribution in [0.2, 0.25) is 0 Å². The van der Waals surface area contributed by atoms with E-state index in [-0.39, 0.29) is 17.1 Å². The van der Waals surface area contributed by atoms with Crippen LogP contribution in [0.5, 0.6) is 0 Å². The Kier molecular flexibility index (Phi) is 4.93. The van der Waals surface area contributed by atoms with Gasteiger partial charge >= 0.3 is 0 Å². The van der Waals surface area contributed by atoms with Crippen LogP contribution in [0.1, 0.15) is 44.2 Å². The lowest BCUT2D eigenvalue weighted by atomic mass is 9.92. The van der Waals surface area contributed by atoms with E-state index in [9.17, 15) is 8.42 Å². The van der Waals surface area contributed by atoms with Gasteiger partial charge in [0, 0.05) is 18.3 Å². The Morgan fingerprint density at radius 3 is 2.62 bits per heavy atom. The molecule has 21 heavy (non-hydrogen) atoms. The Morgan fingerprint density at radius 1 is 1.33 bits per heavy atom. The van der Waals surface area contributed by atoms with E-state index >= 15 is 0 Å². The van der Waals surface area contributed by atoms with E-state index in [1.54, 1.807) is 6.07 Å². The zero-order valence-electron chi connectivity index (χ0n) is 11.9. The van der Waals surface area contributed by atoms with E-state index in [1.165, 1.54) is 18.3 Å². The topological polar surface area (TPSA) is 109 Å². The van der Waals surface area contributed by atoms with Gasteiger partial charge in [0.2, 0.25) is 10.0 Å². The van der Waals surface area contributed by atoms with Gasteiger partial charge in [-0.1, -0.05) is 25.7 Å². The third kappa shape index (κ3) is 4.00. The van der Waals surface area contributed by atoms with Crippen molar-refractivity contribution in [1.82, 2.24) is 9.71 Å². The summed E-state index contributed by atoms with van der Waals surface area (Å²) in [4.78, 5) is 3.69. The summed E-state index contributed by atoms with van der Waals surface area (Å²) in [6.45, 7) is 0.190. The van der Waals surface area contributed by atoms with Gasteiger partial charge in [-0.3, -0.25) is 0 Å². The van der Waals surface area contributed by atoms with E-state index in [2.05, 4.69) is 9.71 Å². The Balaban J connectivity index is 2.13. The monoisotopic (exact) mass is 308 g/mol. The summed E-state index contributed by atoms with van der Waals surface area (Å²) in [5.41, 5.74) is 5.71. The fourth-order valence-corrected chi connectivity index (χ4v) is 3.86. The molecular formula is C14H20N4O2S. The van der Waals surface area contributed by atoms with Gasteiger partial charge in [0.25, 0.3) is 0 Å². The zero-order chi connectivity index (χ0) is 15.3. The van der Waals surface area contributed by atoms with Crippen LogP contribution in [0.15, 0.2) is 23.2 Å². The van der Waals surface area contributed by atoms with Gasteiger partial charge in [-0.2, -0.15) is 5.26 Å². The number of nitrogens with one attached hydrogen (secondary N) is 1. The molecule has 0 atom stereocenters. The van der Waals surface area contributed by atoms with Crippen molar-refractivity contribution in [1.29, 1.82) is 5.26 Å². The van der Waals surface area contributed by atoms with Crippen LogP contribution in [0.25, 0.3) is 0 Å². The number of aromatic nitrogens is 1. The second-order valence-electron chi connectivity index (χ2n) is 5.56. The molecule has 1 heterocycles. The van der Waals surface area contributed by atoms with Gasteiger partial charge in [0.05, 0.1) is 0 Å². The average Bonchev–Trinajstić information content (AvgIpc) is 2.71. The Morgan fingerprint density at radius 2 is 2.00 bits per heavy atom. The third-order valence-corrected chi connectivity index (χ3v) is 5.31. The van der Waals surface area contributed by atoms with E-state index in [0.717, 1.165) is 38.5 Å². The summed E-state index contributed by atoms with van der Waals surface area (Å²) >= 11 is 0. The predicted octanol–water partition coefficient (Wildman–Crippen LogP) is 1.28. The van der Waals surface area contributed by atoms with Crippen molar-refractivity contribution in [2.24, 2.45) is 5.73 Å². The number of hydrogen-bond acceptors (Lipinski definition) is 5. The summed E-state index contributed by atoms with van der Waals surface area (Å²) in [5, 5.41) is 8.96. The number of pyridine rings is 1. The summed E-state index contributed by atoms with van der Waals surface area (Å²) in [6.07, 6.45) is 7.36. The van der Waals surface area contributed by atoms with Crippen molar-refractivity contribution in [2.45, 2.75) is 49.0 Å². The molecule has 0 saturated heterocycles. The molecule has 1 aliphatic rings. The lowest BCUT2D eigenvalue weighted by Crippen LogP contribution is -2.49. The maximum atomic E-state index is 12.3. The number of sulfonamides is 1. The maximum Gasteiger partial charge on any atom is 0.243 e. The van der Waals surface area contributed by atoms with Crippen molar-refractivity contribution in [3.63, 3.8) is 0 Å². The summed E-state index contributed by atoms with van der Waals surface area (Å²) in [7, 11) is -3.77. The molecule has 1 aromatic heterocycles. The Bertz CT molecular complexity index is 629. The average molecular weight is 308 g/mol. The third-order valence-electron chi connectivity index (χ3n) is 3.88. The van der Waals surface area contributed by atoms with Crippen LogP contribution in [-0.4, -0.2) is 25.5 Å². The Hall–Kier alpha value is -1.49. The summed E-state index contributed by atoms with van der Waals surface area (Å²) in [5.74, 6) is 0. The first-order valence-electron chi connectivity index (χ1n) is 7.11. The molecule has 0 aliphatic heterocycles. The van der Waals surface area contributed by atoms with Crippen LogP contribution in [-0.2, 0) is 10.0 Å². The van der Waals surface area contributed by atoms with Crippen molar-refractivity contribution in [3.05, 3.63) is 24.0 Å². The SMILES string of the molecule is N#Cc1ncccc1S(=O)(=O)NCC1(N)CCCCCC1. The number of rotatable bonds is 4. The summed E-state index contributed by atoms with van der Waals surface area (Å²) < 4.78 is 27.2. The largest absolute Gasteiger partial charge is 0.324 e. The number of nitrogens with zero attached hydrogens (tertiary/aromatic N) is 2. The first kappa shape index (κ1) is 15.9. The molecule has 0 aromatic carbocycles. The highest BCUT2D eigenvalue weighted by atomic mass is 32.2. The van der Waals surface area contributed by atoms with Crippen molar-refractivity contribution in [3.8, 4) is 6.07 Å². The van der Waals surface area contributed by atoms with Crippen LogP contribution in [0, 0.1) is 11.3 Å². The number of nitriles is 1. The molecule has 2 rings (SSSR count). The number of hydrogen-bond donors (Lipinski definition) is 2. The van der Waals surface area contributed by atoms with E-state index in [0.29, 0.717) is 0 Å². The van der Waals surface area contributed by atoms with Gasteiger partial charge < -0.3 is 5.73 Å². The smallest absolute Gasteiger partial charge is 0.243 e. The lowest BCUT2D eigenvalue weighted by molar-refractivity contribution is 0.369. The van der Waals surface area contributed by atoms with Crippen LogP contribution in [0.4, 0.5) is 0 Å². The minimum Gasteiger partial charge on any atom is -0.324 e. The molecule has 0 unspecified atom stereocenters. The van der Waals surface area contributed by atoms with Gasteiger partial charge in [-0.05, 0) is 25.0 Å². The van der Waals surface area contributed by atoms with E-state index in [1.807, 2.05) is 0 Å². The Labute approximate surface area is 125 Å². The highest BCUT2D eigenvalue weighted by Crippen LogP contribution is 2.25. The highest BCUT2D eigenvalue weighted by Gasteiger charge is 2.29. The minimum absolute atomic E-state index is 0.0929. The highest BCUT2D eigenvalue weighted by molar-refractivity contribution is 7.89. The van der Waals surface area contributed by atoms with E-state index < -0.39 is 15.6 Å². The summed E-state index contributed by atoms with van der Waals surface area (Å²) in [6, 6.07) is 4.68. The molecule has 1 fully saturated rings. The van der Waals surface area contributed by atoms with Crippen LogP contribution < -0.4 is 10.5 Å². The maximum absolute atomic E-state index is 12.3. The van der Waals surface area contributed by atoms with Gasteiger partial charge in [-0.25, -0.2) is 18.1 Å². The molecule has 114 valence electrons. The minimum atomic E-state index is -3.77. The molecule has 0 spiro atoms. The lowest BCUT2D eigenvalue weighted by Gasteiger charge is -2.28. The molecular weight excluding hydrogens is 288 g/mol. The van der Waals surface area contributed by atoms with Crippen LogP contribution >= 0.6 is 0 Å². The second-order valence-corrected chi connectivity index (χ2v) is 7.30. The second kappa shape index (κ2) is 6.52. The first-order chi connectivity index (χ1) is 9.97. The molecule has 7 heteroatoms. The van der Waals surface area contributed by atoms with Crippen molar-refractivity contribution < 1.29 is 8.42 Å². The fourth-order valence-electron chi connectivity index (χ4n) is 2.62. The van der Waals surface area contributed by atoms with Crippen molar-refractivity contribution in [2.75, 3.05) is 6.54 Å². The first-order valence-corrected chi connectivity index (χ1v) is 8.59. The molecule has 0 radical (unpaired) electrons. The quantitative estimate of drug-likeness (QED) is 0.814. The molecule has 0 amide bonds. The number of nitrogens with two attached hydrogens (primary N) is 1. The predicted molar refractivity (Wildman–Crippen MR) is 78.8 cm³/mol. The van der Waals surface area contributed by atoms with Crippen molar-refractivity contribution >= 4 is 10.0 Å². The molecule has 6 nitrogen and oxygen atoms in total. The molecule has 1 saturated carbocycles. The molecule has 3 N–H and O–H groups in total. The van der Waals surface area contributed by atoms with Gasteiger partial charge in [0.15, 0.2) is 5.69 Å². The van der Waals surface area contributed by atoms with Gasteiger partial charge in [-0.15, -0.1) is 0 Å².